The third kappa shape index (κ3) is 3.85. The molecule has 0 atom stereocenters. The van der Waals surface area contributed by atoms with Gasteiger partial charge in [-0.25, -0.2) is 8.42 Å². The molecule has 0 aliphatic heterocycles. The van der Waals surface area contributed by atoms with Gasteiger partial charge in [0.25, 0.3) is 0 Å². The minimum absolute atomic E-state index is 0.0933. The van der Waals surface area contributed by atoms with Gasteiger partial charge in [-0.3, -0.25) is 9.52 Å². The Morgan fingerprint density at radius 3 is 2.18 bits per heavy atom. The Labute approximate surface area is 102 Å². The molecule has 0 aromatic heterocycles. The van der Waals surface area contributed by atoms with Crippen molar-refractivity contribution in [2.45, 2.75) is 20.8 Å². The molecular formula is C12H17NO3S. The summed E-state index contributed by atoms with van der Waals surface area (Å²) in [6.07, 6.45) is 1.06. The summed E-state index contributed by atoms with van der Waals surface area (Å²) < 4.78 is 24.8. The van der Waals surface area contributed by atoms with Crippen LogP contribution in [0.25, 0.3) is 0 Å². The summed E-state index contributed by atoms with van der Waals surface area (Å²) in [5, 5.41) is 0. The fraction of sp³-hybridized carbons (Fsp3) is 0.417. The van der Waals surface area contributed by atoms with Gasteiger partial charge in [0.1, 0.15) is 0 Å². The highest BCUT2D eigenvalue weighted by molar-refractivity contribution is 7.92. The molecule has 1 aromatic carbocycles. The number of hydrogen-bond acceptors (Lipinski definition) is 3. The van der Waals surface area contributed by atoms with Crippen molar-refractivity contribution in [3.05, 3.63) is 29.8 Å². The number of ketones is 1. The number of rotatable bonds is 3. The first kappa shape index (κ1) is 13.7. The summed E-state index contributed by atoms with van der Waals surface area (Å²) >= 11 is 0. The summed E-state index contributed by atoms with van der Waals surface area (Å²) in [6.45, 7) is 5.39. The van der Waals surface area contributed by atoms with Crippen LogP contribution in [-0.4, -0.2) is 20.5 Å². The summed E-state index contributed by atoms with van der Waals surface area (Å²) in [7, 11) is -3.38. The summed E-state index contributed by atoms with van der Waals surface area (Å²) in [6, 6.07) is 6.61. The molecule has 0 amide bonds. The van der Waals surface area contributed by atoms with E-state index < -0.39 is 15.4 Å². The predicted octanol–water partition coefficient (Wildman–Crippen LogP) is 2.29. The van der Waals surface area contributed by atoms with E-state index in [1.54, 1.807) is 45.0 Å². The van der Waals surface area contributed by atoms with Gasteiger partial charge in [-0.15, -0.1) is 0 Å². The molecule has 0 radical (unpaired) electrons. The lowest BCUT2D eigenvalue weighted by Gasteiger charge is -2.19. The molecule has 1 rings (SSSR count). The second-order valence-electron chi connectivity index (χ2n) is 5.00. The van der Waals surface area contributed by atoms with E-state index in [2.05, 4.69) is 4.72 Å². The summed E-state index contributed by atoms with van der Waals surface area (Å²) in [5.41, 5.74) is 0.176. The third-order valence-corrected chi connectivity index (χ3v) is 2.74. The first-order valence-corrected chi connectivity index (χ1v) is 7.12. The van der Waals surface area contributed by atoms with Gasteiger partial charge in [-0.2, -0.15) is 0 Å². The summed E-state index contributed by atoms with van der Waals surface area (Å²) in [5.74, 6) is -0.0933. The maximum Gasteiger partial charge on any atom is 0.229 e. The molecule has 0 aliphatic rings. The number of para-hydroxylation sites is 1. The Morgan fingerprint density at radius 2 is 1.71 bits per heavy atom. The zero-order valence-electron chi connectivity index (χ0n) is 10.4. The SMILES string of the molecule is CC(C)(C)C(=O)c1ccccc1NS(C)(=O)=O. The van der Waals surface area contributed by atoms with Crippen molar-refractivity contribution in [1.29, 1.82) is 0 Å². The van der Waals surface area contributed by atoms with Gasteiger partial charge >= 0.3 is 0 Å². The van der Waals surface area contributed by atoms with E-state index in [1.807, 2.05) is 0 Å². The van der Waals surface area contributed by atoms with E-state index in [0.29, 0.717) is 11.3 Å². The lowest BCUT2D eigenvalue weighted by atomic mass is 9.86. The normalized spacial score (nSPS) is 12.2. The van der Waals surface area contributed by atoms with Crippen molar-refractivity contribution in [2.24, 2.45) is 5.41 Å². The minimum atomic E-state index is -3.38. The molecule has 0 fully saturated rings. The lowest BCUT2D eigenvalue weighted by Crippen LogP contribution is -2.22. The molecule has 94 valence electrons. The number of sulfonamides is 1. The molecule has 0 saturated carbocycles. The molecule has 17 heavy (non-hydrogen) atoms. The molecule has 0 aliphatic carbocycles. The van der Waals surface area contributed by atoms with Crippen molar-refractivity contribution >= 4 is 21.5 Å². The molecular weight excluding hydrogens is 238 g/mol. The van der Waals surface area contributed by atoms with Crippen LogP contribution in [0.5, 0.6) is 0 Å². The molecule has 1 aromatic rings. The van der Waals surface area contributed by atoms with Crippen molar-refractivity contribution in [1.82, 2.24) is 0 Å². The molecule has 0 bridgehead atoms. The predicted molar refractivity (Wildman–Crippen MR) is 68.7 cm³/mol. The minimum Gasteiger partial charge on any atom is -0.294 e. The number of carbonyl (C=O) groups is 1. The van der Waals surface area contributed by atoms with E-state index in [-0.39, 0.29) is 5.78 Å². The molecule has 4 nitrogen and oxygen atoms in total. The molecule has 0 spiro atoms. The zero-order chi connectivity index (χ0) is 13.3. The van der Waals surface area contributed by atoms with Crippen molar-refractivity contribution in [3.63, 3.8) is 0 Å². The van der Waals surface area contributed by atoms with Crippen LogP contribution >= 0.6 is 0 Å². The fourth-order valence-electron chi connectivity index (χ4n) is 1.37. The second kappa shape index (κ2) is 4.49. The Balaban J connectivity index is 3.22. The van der Waals surface area contributed by atoms with Crippen LogP contribution in [0.1, 0.15) is 31.1 Å². The number of Topliss-reactive ketones (excluding diaryl/α,β-unsaturated/α-hetero) is 1. The quantitative estimate of drug-likeness (QED) is 0.843. The molecule has 5 heteroatoms. The first-order chi connectivity index (χ1) is 7.61. The Hall–Kier alpha value is -1.36. The van der Waals surface area contributed by atoms with Crippen molar-refractivity contribution < 1.29 is 13.2 Å². The smallest absolute Gasteiger partial charge is 0.229 e. The van der Waals surface area contributed by atoms with Crippen LogP contribution in [0.2, 0.25) is 0 Å². The first-order valence-electron chi connectivity index (χ1n) is 5.23. The third-order valence-electron chi connectivity index (χ3n) is 2.15. The highest BCUT2D eigenvalue weighted by Gasteiger charge is 2.25. The number of benzene rings is 1. The van der Waals surface area contributed by atoms with Gasteiger partial charge in [-0.1, -0.05) is 32.9 Å². The van der Waals surface area contributed by atoms with Gasteiger partial charge < -0.3 is 0 Å². The van der Waals surface area contributed by atoms with E-state index in [1.165, 1.54) is 0 Å². The van der Waals surface area contributed by atoms with E-state index >= 15 is 0 Å². The van der Waals surface area contributed by atoms with Crippen LogP contribution < -0.4 is 4.72 Å². The number of nitrogens with one attached hydrogen (secondary N) is 1. The molecule has 0 unspecified atom stereocenters. The van der Waals surface area contributed by atoms with Crippen LogP contribution in [-0.2, 0) is 10.0 Å². The van der Waals surface area contributed by atoms with Gasteiger partial charge in [0.2, 0.25) is 10.0 Å². The van der Waals surface area contributed by atoms with Gasteiger partial charge in [-0.05, 0) is 12.1 Å². The lowest BCUT2D eigenvalue weighted by molar-refractivity contribution is 0.0859. The van der Waals surface area contributed by atoms with Crippen LogP contribution in [0.15, 0.2) is 24.3 Å². The highest BCUT2D eigenvalue weighted by Crippen LogP contribution is 2.26. The Bertz CT molecular complexity index is 527. The van der Waals surface area contributed by atoms with Crippen molar-refractivity contribution in [2.75, 3.05) is 11.0 Å². The van der Waals surface area contributed by atoms with E-state index in [0.717, 1.165) is 6.26 Å². The summed E-state index contributed by atoms with van der Waals surface area (Å²) in [4.78, 5) is 12.1. The molecule has 0 heterocycles. The van der Waals surface area contributed by atoms with Crippen LogP contribution in [0.3, 0.4) is 0 Å². The Kier molecular flexibility index (Phi) is 3.62. The second-order valence-corrected chi connectivity index (χ2v) is 6.75. The fourth-order valence-corrected chi connectivity index (χ4v) is 1.95. The van der Waals surface area contributed by atoms with Gasteiger partial charge in [0.15, 0.2) is 5.78 Å². The number of carbonyl (C=O) groups excluding carboxylic acids is 1. The number of hydrogen-bond donors (Lipinski definition) is 1. The van der Waals surface area contributed by atoms with E-state index in [9.17, 15) is 13.2 Å². The monoisotopic (exact) mass is 255 g/mol. The highest BCUT2D eigenvalue weighted by atomic mass is 32.2. The maximum atomic E-state index is 12.1. The molecule has 1 N–H and O–H groups in total. The van der Waals surface area contributed by atoms with Gasteiger partial charge in [0, 0.05) is 11.0 Å². The van der Waals surface area contributed by atoms with Crippen LogP contribution in [0, 0.1) is 5.41 Å². The largest absolute Gasteiger partial charge is 0.294 e. The van der Waals surface area contributed by atoms with Gasteiger partial charge in [0.05, 0.1) is 11.9 Å². The Morgan fingerprint density at radius 1 is 1.18 bits per heavy atom. The average Bonchev–Trinajstić information content (AvgIpc) is 2.13. The molecule has 0 saturated heterocycles. The topological polar surface area (TPSA) is 63.2 Å². The van der Waals surface area contributed by atoms with E-state index in [4.69, 9.17) is 0 Å². The maximum absolute atomic E-state index is 12.1. The zero-order valence-corrected chi connectivity index (χ0v) is 11.3. The standard InChI is InChI=1S/C12H17NO3S/c1-12(2,3)11(14)9-7-5-6-8-10(9)13-17(4,15)16/h5-8,13H,1-4H3. The van der Waals surface area contributed by atoms with Crippen molar-refractivity contribution in [3.8, 4) is 0 Å². The number of anilines is 1. The average molecular weight is 255 g/mol. The van der Waals surface area contributed by atoms with Crippen LogP contribution in [0.4, 0.5) is 5.69 Å².